The lowest BCUT2D eigenvalue weighted by Crippen LogP contribution is -2.22. The van der Waals surface area contributed by atoms with Crippen LogP contribution in [0.2, 0.25) is 0 Å². The molecule has 1 heterocycles. The summed E-state index contributed by atoms with van der Waals surface area (Å²) in [5.74, 6) is 0.164. The smallest absolute Gasteiger partial charge is 0.314 e. The molecule has 4 nitrogen and oxygen atoms in total. The van der Waals surface area contributed by atoms with Gasteiger partial charge in [-0.2, -0.15) is 0 Å². The topological polar surface area (TPSA) is 49.8 Å². The zero-order chi connectivity index (χ0) is 14.2. The normalized spacial score (nSPS) is 20.9. The van der Waals surface area contributed by atoms with Crippen LogP contribution in [0.3, 0.4) is 0 Å². The van der Waals surface area contributed by atoms with Gasteiger partial charge in [-0.1, -0.05) is 6.07 Å². The number of nitrogens with zero attached hydrogens (tertiary/aromatic N) is 1. The van der Waals surface area contributed by atoms with Gasteiger partial charge in [0.1, 0.15) is 5.75 Å². The Kier molecular flexibility index (Phi) is 3.42. The van der Waals surface area contributed by atoms with Crippen molar-refractivity contribution >= 4 is 5.97 Å². The van der Waals surface area contributed by atoms with Crippen LogP contribution < -0.4 is 4.74 Å². The maximum atomic E-state index is 11.5. The molecule has 1 aliphatic carbocycles. The number of benzene rings is 1. The van der Waals surface area contributed by atoms with Crippen LogP contribution in [0.5, 0.6) is 5.75 Å². The van der Waals surface area contributed by atoms with Gasteiger partial charge in [-0.25, -0.2) is 0 Å². The summed E-state index contributed by atoms with van der Waals surface area (Å²) in [6, 6.07) is 5.87. The first-order chi connectivity index (χ1) is 9.65. The van der Waals surface area contributed by atoms with Gasteiger partial charge in [-0.15, -0.1) is 0 Å². The molecule has 20 heavy (non-hydrogen) atoms. The van der Waals surface area contributed by atoms with Crippen LogP contribution in [0.25, 0.3) is 0 Å². The Labute approximate surface area is 119 Å². The van der Waals surface area contributed by atoms with Crippen LogP contribution in [0, 0.1) is 0 Å². The summed E-state index contributed by atoms with van der Waals surface area (Å²) in [5, 5.41) is 9.42. The molecule has 0 bridgehead atoms. The Bertz CT molecular complexity index is 516. The number of methoxy groups -OCH3 is 1. The van der Waals surface area contributed by atoms with Gasteiger partial charge in [0.05, 0.1) is 12.5 Å². The quantitative estimate of drug-likeness (QED) is 0.896. The molecular weight excluding hydrogens is 254 g/mol. The largest absolute Gasteiger partial charge is 0.496 e. The first-order valence-corrected chi connectivity index (χ1v) is 7.29. The van der Waals surface area contributed by atoms with E-state index in [9.17, 15) is 9.90 Å². The second-order valence-electron chi connectivity index (χ2n) is 5.90. The van der Waals surface area contributed by atoms with Crippen LogP contribution in [-0.4, -0.2) is 36.2 Å². The van der Waals surface area contributed by atoms with Crippen molar-refractivity contribution in [2.45, 2.75) is 37.6 Å². The number of carbonyl (C=O) groups is 1. The van der Waals surface area contributed by atoms with E-state index in [-0.39, 0.29) is 0 Å². The molecule has 0 radical (unpaired) electrons. The molecule has 1 aliphatic heterocycles. The SMILES string of the molecule is COc1ccc(C2(C(=O)O)CC2)cc1CN1CCCC1. The van der Waals surface area contributed by atoms with E-state index in [1.165, 1.54) is 12.8 Å². The van der Waals surface area contributed by atoms with Gasteiger partial charge in [0.25, 0.3) is 0 Å². The van der Waals surface area contributed by atoms with Crippen molar-refractivity contribution in [3.05, 3.63) is 29.3 Å². The molecule has 1 aromatic carbocycles. The lowest BCUT2D eigenvalue weighted by atomic mass is 9.94. The first-order valence-electron chi connectivity index (χ1n) is 7.29. The van der Waals surface area contributed by atoms with Gasteiger partial charge < -0.3 is 9.84 Å². The van der Waals surface area contributed by atoms with E-state index in [4.69, 9.17) is 4.74 Å². The van der Waals surface area contributed by atoms with Gasteiger partial charge in [-0.3, -0.25) is 9.69 Å². The molecule has 0 atom stereocenters. The monoisotopic (exact) mass is 275 g/mol. The van der Waals surface area contributed by atoms with Gasteiger partial charge in [-0.05, 0) is 56.5 Å². The van der Waals surface area contributed by atoms with E-state index in [1.807, 2.05) is 18.2 Å². The first kappa shape index (κ1) is 13.4. The van der Waals surface area contributed by atoms with E-state index < -0.39 is 11.4 Å². The number of carboxylic acid groups (broad SMARTS) is 1. The van der Waals surface area contributed by atoms with Crippen molar-refractivity contribution in [2.75, 3.05) is 20.2 Å². The lowest BCUT2D eigenvalue weighted by Gasteiger charge is -2.19. The Morgan fingerprint density at radius 2 is 2.05 bits per heavy atom. The standard InChI is InChI=1S/C16H21NO3/c1-20-14-5-4-13(16(6-7-16)15(18)19)10-12(14)11-17-8-2-3-9-17/h4-5,10H,2-3,6-9,11H2,1H3,(H,18,19). The van der Waals surface area contributed by atoms with Gasteiger partial charge in [0, 0.05) is 12.1 Å². The number of ether oxygens (including phenoxy) is 1. The molecule has 0 aromatic heterocycles. The molecule has 1 saturated carbocycles. The molecule has 2 fully saturated rings. The molecule has 0 spiro atoms. The second kappa shape index (κ2) is 5.09. The fourth-order valence-corrected chi connectivity index (χ4v) is 3.13. The van der Waals surface area contributed by atoms with Crippen molar-refractivity contribution in [1.29, 1.82) is 0 Å². The lowest BCUT2D eigenvalue weighted by molar-refractivity contribution is -0.140. The number of likely N-dealkylation sites (tertiary alicyclic amines) is 1. The Hall–Kier alpha value is -1.55. The maximum absolute atomic E-state index is 11.5. The average molecular weight is 275 g/mol. The van der Waals surface area contributed by atoms with E-state index in [0.717, 1.165) is 49.4 Å². The third-order valence-corrected chi connectivity index (χ3v) is 4.59. The van der Waals surface area contributed by atoms with Crippen LogP contribution >= 0.6 is 0 Å². The van der Waals surface area contributed by atoms with E-state index in [2.05, 4.69) is 4.90 Å². The predicted octanol–water partition coefficient (Wildman–Crippen LogP) is 2.41. The minimum Gasteiger partial charge on any atom is -0.496 e. The Morgan fingerprint density at radius 3 is 2.60 bits per heavy atom. The molecule has 108 valence electrons. The summed E-state index contributed by atoms with van der Waals surface area (Å²) in [4.78, 5) is 13.9. The second-order valence-corrected chi connectivity index (χ2v) is 5.90. The average Bonchev–Trinajstić information content (AvgIpc) is 3.12. The van der Waals surface area contributed by atoms with Gasteiger partial charge in [0.15, 0.2) is 0 Å². The number of carboxylic acids is 1. The summed E-state index contributed by atoms with van der Waals surface area (Å²) in [7, 11) is 1.67. The highest BCUT2D eigenvalue weighted by molar-refractivity contribution is 5.85. The fraction of sp³-hybridized carbons (Fsp3) is 0.562. The molecular formula is C16H21NO3. The highest BCUT2D eigenvalue weighted by Gasteiger charge is 2.51. The molecule has 0 amide bonds. The van der Waals surface area contributed by atoms with Crippen molar-refractivity contribution < 1.29 is 14.6 Å². The van der Waals surface area contributed by atoms with Crippen LogP contribution in [-0.2, 0) is 16.8 Å². The summed E-state index contributed by atoms with van der Waals surface area (Å²) in [6.45, 7) is 3.10. The van der Waals surface area contributed by atoms with E-state index in [1.54, 1.807) is 7.11 Å². The summed E-state index contributed by atoms with van der Waals surface area (Å²) in [5.41, 5.74) is 1.41. The highest BCUT2D eigenvalue weighted by atomic mass is 16.5. The number of hydrogen-bond donors (Lipinski definition) is 1. The maximum Gasteiger partial charge on any atom is 0.314 e. The third kappa shape index (κ3) is 2.29. The minimum atomic E-state index is -0.699. The summed E-state index contributed by atoms with van der Waals surface area (Å²) < 4.78 is 5.43. The van der Waals surface area contributed by atoms with Gasteiger partial charge in [0.2, 0.25) is 0 Å². The Balaban J connectivity index is 1.88. The predicted molar refractivity (Wildman–Crippen MR) is 76.1 cm³/mol. The van der Waals surface area contributed by atoms with E-state index >= 15 is 0 Å². The van der Waals surface area contributed by atoms with Crippen molar-refractivity contribution in [2.24, 2.45) is 0 Å². The minimum absolute atomic E-state index is 0.633. The Morgan fingerprint density at radius 1 is 1.35 bits per heavy atom. The van der Waals surface area contributed by atoms with Crippen molar-refractivity contribution in [3.63, 3.8) is 0 Å². The molecule has 1 aromatic rings. The summed E-state index contributed by atoms with van der Waals surface area (Å²) in [6.07, 6.45) is 4.00. The molecule has 4 heteroatoms. The van der Waals surface area contributed by atoms with Crippen LogP contribution in [0.15, 0.2) is 18.2 Å². The molecule has 1 saturated heterocycles. The number of rotatable bonds is 5. The van der Waals surface area contributed by atoms with Crippen LogP contribution in [0.4, 0.5) is 0 Å². The zero-order valence-electron chi connectivity index (χ0n) is 11.9. The zero-order valence-corrected chi connectivity index (χ0v) is 11.9. The molecule has 1 N–H and O–H groups in total. The van der Waals surface area contributed by atoms with Crippen molar-refractivity contribution in [1.82, 2.24) is 4.90 Å². The molecule has 0 unspecified atom stereocenters. The van der Waals surface area contributed by atoms with Crippen molar-refractivity contribution in [3.8, 4) is 5.75 Å². The number of hydrogen-bond acceptors (Lipinski definition) is 3. The van der Waals surface area contributed by atoms with Crippen LogP contribution in [0.1, 0.15) is 36.8 Å². The van der Waals surface area contributed by atoms with E-state index in [0.29, 0.717) is 0 Å². The number of aliphatic carboxylic acids is 1. The van der Waals surface area contributed by atoms with Gasteiger partial charge >= 0.3 is 5.97 Å². The highest BCUT2D eigenvalue weighted by Crippen LogP contribution is 2.49. The molecule has 3 rings (SSSR count). The fourth-order valence-electron chi connectivity index (χ4n) is 3.13. The molecule has 2 aliphatic rings. The summed E-state index contributed by atoms with van der Waals surface area (Å²) >= 11 is 0. The third-order valence-electron chi connectivity index (χ3n) is 4.59.